The minimum Gasteiger partial charge on any atom is -0.493 e. The predicted octanol–water partition coefficient (Wildman–Crippen LogP) is 3.73. The Balaban J connectivity index is 0.00000364. The molecule has 0 aromatic heterocycles. The third-order valence-electron chi connectivity index (χ3n) is 4.67. The molecule has 0 atom stereocenters. The molecular weight excluding hydrogens is 457 g/mol. The van der Waals surface area contributed by atoms with E-state index in [2.05, 4.69) is 15.6 Å². The van der Waals surface area contributed by atoms with Crippen LogP contribution in [0.1, 0.15) is 44.1 Å². The molecule has 0 saturated heterocycles. The highest BCUT2D eigenvalue weighted by Crippen LogP contribution is 2.30. The number of benzene rings is 1. The fourth-order valence-electron chi connectivity index (χ4n) is 3.25. The topological polar surface area (TPSA) is 64.1 Å². The molecule has 0 aliphatic heterocycles. The van der Waals surface area contributed by atoms with Crippen molar-refractivity contribution in [2.75, 3.05) is 34.4 Å². The number of nitrogens with one attached hydrogen (secondary N) is 2. The number of rotatable bonds is 9. The molecule has 1 saturated carbocycles. The third-order valence-corrected chi connectivity index (χ3v) is 4.67. The Labute approximate surface area is 180 Å². The van der Waals surface area contributed by atoms with Crippen LogP contribution in [0.3, 0.4) is 0 Å². The van der Waals surface area contributed by atoms with Gasteiger partial charge in [0, 0.05) is 32.3 Å². The minimum absolute atomic E-state index is 0. The number of nitrogens with zero attached hydrogens (tertiary/aromatic N) is 1. The smallest absolute Gasteiger partial charge is 0.191 e. The molecule has 0 amide bonds. The maximum atomic E-state index is 5.95. The summed E-state index contributed by atoms with van der Waals surface area (Å²) in [5.41, 5.74) is 1.02. The van der Waals surface area contributed by atoms with Crippen molar-refractivity contribution in [1.82, 2.24) is 10.6 Å². The average Bonchev–Trinajstić information content (AvgIpc) is 2.70. The van der Waals surface area contributed by atoms with Crippen molar-refractivity contribution in [2.45, 2.75) is 51.2 Å². The van der Waals surface area contributed by atoms with Gasteiger partial charge >= 0.3 is 0 Å². The monoisotopic (exact) mass is 491 g/mol. The molecule has 0 radical (unpaired) electrons. The Bertz CT molecular complexity index is 563. The number of hydrogen-bond acceptors (Lipinski definition) is 4. The van der Waals surface area contributed by atoms with Gasteiger partial charge in [-0.2, -0.15) is 0 Å². The van der Waals surface area contributed by atoms with Gasteiger partial charge in [0.2, 0.25) is 0 Å². The van der Waals surface area contributed by atoms with Crippen molar-refractivity contribution in [1.29, 1.82) is 0 Å². The van der Waals surface area contributed by atoms with E-state index in [1.807, 2.05) is 18.2 Å². The maximum absolute atomic E-state index is 5.95. The fraction of sp³-hybridized carbons (Fsp3) is 0.650. The first kappa shape index (κ1) is 23.8. The lowest BCUT2D eigenvalue weighted by atomic mass is 9.98. The quantitative estimate of drug-likeness (QED) is 0.239. The van der Waals surface area contributed by atoms with Gasteiger partial charge < -0.3 is 24.8 Å². The van der Waals surface area contributed by atoms with Crippen LogP contribution in [-0.2, 0) is 11.3 Å². The van der Waals surface area contributed by atoms with Crippen LogP contribution in [0.4, 0.5) is 0 Å². The van der Waals surface area contributed by atoms with E-state index in [1.165, 1.54) is 32.1 Å². The summed E-state index contributed by atoms with van der Waals surface area (Å²) in [4.78, 5) is 4.27. The molecular formula is C20H34IN3O3. The molecule has 2 rings (SSSR count). The second-order valence-electron chi connectivity index (χ2n) is 6.49. The summed E-state index contributed by atoms with van der Waals surface area (Å²) in [6, 6.07) is 5.86. The summed E-state index contributed by atoms with van der Waals surface area (Å²) in [6.07, 6.45) is 7.88. The summed E-state index contributed by atoms with van der Waals surface area (Å²) >= 11 is 0. The Morgan fingerprint density at radius 3 is 2.56 bits per heavy atom. The van der Waals surface area contributed by atoms with Crippen molar-refractivity contribution in [3.8, 4) is 11.5 Å². The molecule has 1 aromatic carbocycles. The van der Waals surface area contributed by atoms with Gasteiger partial charge in [-0.25, -0.2) is 0 Å². The summed E-state index contributed by atoms with van der Waals surface area (Å²) < 4.78 is 16.8. The number of methoxy groups -OCH3 is 2. The van der Waals surface area contributed by atoms with Crippen LogP contribution in [0.5, 0.6) is 11.5 Å². The molecule has 154 valence electrons. The Hall–Kier alpha value is -1.22. The second kappa shape index (κ2) is 13.9. The highest BCUT2D eigenvalue weighted by Gasteiger charge is 2.13. The van der Waals surface area contributed by atoms with Gasteiger partial charge in [-0.3, -0.25) is 4.99 Å². The molecule has 27 heavy (non-hydrogen) atoms. The van der Waals surface area contributed by atoms with Gasteiger partial charge in [0.25, 0.3) is 0 Å². The van der Waals surface area contributed by atoms with Gasteiger partial charge in [-0.15, -0.1) is 24.0 Å². The Morgan fingerprint density at radius 1 is 1.11 bits per heavy atom. The van der Waals surface area contributed by atoms with E-state index < -0.39 is 0 Å². The largest absolute Gasteiger partial charge is 0.493 e. The predicted molar refractivity (Wildman–Crippen MR) is 121 cm³/mol. The number of halogens is 1. The summed E-state index contributed by atoms with van der Waals surface area (Å²) in [5.74, 6) is 2.25. The first-order chi connectivity index (χ1) is 12.8. The van der Waals surface area contributed by atoms with Crippen LogP contribution < -0.4 is 20.1 Å². The van der Waals surface area contributed by atoms with Crippen molar-refractivity contribution >= 4 is 29.9 Å². The second-order valence-corrected chi connectivity index (χ2v) is 6.49. The molecule has 1 aliphatic carbocycles. The first-order valence-electron chi connectivity index (χ1n) is 9.54. The SMILES string of the molecule is CN=C(NCCCOC1CCCCC1)NCc1cccc(OC)c1OC.I. The standard InChI is InChI=1S/C20H33N3O3.HI/c1-21-20(22-13-8-14-26-17-10-5-4-6-11-17)23-15-16-9-7-12-18(24-2)19(16)25-3;/h7,9,12,17H,4-6,8,10-11,13-15H2,1-3H3,(H2,21,22,23);1H. The van der Waals surface area contributed by atoms with Crippen LogP contribution in [0.25, 0.3) is 0 Å². The molecule has 1 aromatic rings. The van der Waals surface area contributed by atoms with Gasteiger partial charge in [0.1, 0.15) is 0 Å². The molecule has 6 nitrogen and oxygen atoms in total. The van der Waals surface area contributed by atoms with Crippen LogP contribution in [0.15, 0.2) is 23.2 Å². The third kappa shape index (κ3) is 8.13. The highest BCUT2D eigenvalue weighted by molar-refractivity contribution is 14.0. The van der Waals surface area contributed by atoms with Gasteiger partial charge in [0.05, 0.1) is 20.3 Å². The van der Waals surface area contributed by atoms with E-state index in [9.17, 15) is 0 Å². The van der Waals surface area contributed by atoms with Gasteiger partial charge in [-0.1, -0.05) is 31.4 Å². The zero-order valence-corrected chi connectivity index (χ0v) is 19.1. The van der Waals surface area contributed by atoms with E-state index in [-0.39, 0.29) is 24.0 Å². The van der Waals surface area contributed by atoms with Crippen LogP contribution in [-0.4, -0.2) is 46.5 Å². The molecule has 7 heteroatoms. The minimum atomic E-state index is 0. The number of para-hydroxylation sites is 1. The summed E-state index contributed by atoms with van der Waals surface area (Å²) in [5, 5.41) is 6.64. The van der Waals surface area contributed by atoms with E-state index >= 15 is 0 Å². The number of guanidine groups is 1. The molecule has 2 N–H and O–H groups in total. The van der Waals surface area contributed by atoms with Crippen LogP contribution >= 0.6 is 24.0 Å². The van der Waals surface area contributed by atoms with Crippen molar-refractivity contribution in [2.24, 2.45) is 4.99 Å². The Kier molecular flexibility index (Phi) is 12.2. The lowest BCUT2D eigenvalue weighted by Crippen LogP contribution is -2.37. The zero-order valence-electron chi connectivity index (χ0n) is 16.8. The Morgan fingerprint density at radius 2 is 1.89 bits per heavy atom. The van der Waals surface area contributed by atoms with E-state index in [4.69, 9.17) is 14.2 Å². The van der Waals surface area contributed by atoms with E-state index in [0.717, 1.165) is 42.6 Å². The molecule has 1 aliphatic rings. The van der Waals surface area contributed by atoms with Crippen LogP contribution in [0, 0.1) is 0 Å². The lowest BCUT2D eigenvalue weighted by molar-refractivity contribution is 0.0277. The van der Waals surface area contributed by atoms with Crippen molar-refractivity contribution < 1.29 is 14.2 Å². The molecule has 0 unspecified atom stereocenters. The average molecular weight is 491 g/mol. The normalized spacial score (nSPS) is 15.0. The summed E-state index contributed by atoms with van der Waals surface area (Å²) in [7, 11) is 5.07. The number of ether oxygens (including phenoxy) is 3. The molecule has 0 bridgehead atoms. The van der Waals surface area contributed by atoms with Gasteiger partial charge in [0.15, 0.2) is 17.5 Å². The van der Waals surface area contributed by atoms with Gasteiger partial charge in [-0.05, 0) is 25.3 Å². The van der Waals surface area contributed by atoms with E-state index in [1.54, 1.807) is 21.3 Å². The fourth-order valence-corrected chi connectivity index (χ4v) is 3.25. The maximum Gasteiger partial charge on any atom is 0.191 e. The van der Waals surface area contributed by atoms with Crippen molar-refractivity contribution in [3.63, 3.8) is 0 Å². The summed E-state index contributed by atoms with van der Waals surface area (Å²) in [6.45, 7) is 2.25. The molecule has 0 spiro atoms. The van der Waals surface area contributed by atoms with Crippen molar-refractivity contribution in [3.05, 3.63) is 23.8 Å². The lowest BCUT2D eigenvalue weighted by Gasteiger charge is -2.22. The molecule has 1 fully saturated rings. The highest BCUT2D eigenvalue weighted by atomic mass is 127. The zero-order chi connectivity index (χ0) is 18.6. The number of hydrogen-bond donors (Lipinski definition) is 2. The van der Waals surface area contributed by atoms with E-state index in [0.29, 0.717) is 12.6 Å². The molecule has 0 heterocycles. The first-order valence-corrected chi connectivity index (χ1v) is 9.54. The number of aliphatic imine (C=N–C) groups is 1. The van der Waals surface area contributed by atoms with Crippen LogP contribution in [0.2, 0.25) is 0 Å².